The number of amides is 1. The quantitative estimate of drug-likeness (QED) is 0.199. The Morgan fingerprint density at radius 2 is 1.95 bits per heavy atom. The van der Waals surface area contributed by atoms with Gasteiger partial charge in [-0.15, -0.1) is 9.24 Å². The Bertz CT molecular complexity index is 1610. The fourth-order valence-electron chi connectivity index (χ4n) is 5.11. The van der Waals surface area contributed by atoms with Gasteiger partial charge >= 0.3 is 6.09 Å². The van der Waals surface area contributed by atoms with Gasteiger partial charge in [-0.1, -0.05) is 20.4 Å². The predicted molar refractivity (Wildman–Crippen MR) is 176 cm³/mol. The summed E-state index contributed by atoms with van der Waals surface area (Å²) in [5.41, 5.74) is 4.50. The van der Waals surface area contributed by atoms with Crippen LogP contribution in [0, 0.1) is 11.3 Å². The molecule has 0 aliphatic carbocycles. The van der Waals surface area contributed by atoms with E-state index in [4.69, 9.17) is 19.2 Å². The standard InChI is InChI=1S/C32H39BN5O4P/c1-19(41-8)20-12-23(32(6,33)43)15-24(13-20)36-28-35-10-9-26(37-28)21-11-22(16-34)27-25(14-21)31(5,18-40-7)17-38(27)29(39)42-30(2,3)4/h9-15H,1,17-18,33,43H2,2-8H3,(H,35,36,37). The summed E-state index contributed by atoms with van der Waals surface area (Å²) in [4.78, 5) is 24.0. The molecule has 224 valence electrons. The summed E-state index contributed by atoms with van der Waals surface area (Å²) in [6.45, 7) is 14.3. The minimum atomic E-state index is -0.683. The number of carbonyl (C=O) groups is 1. The van der Waals surface area contributed by atoms with Crippen LogP contribution in [-0.2, 0) is 24.7 Å². The molecular weight excluding hydrogens is 560 g/mol. The first-order valence-corrected chi connectivity index (χ1v) is 14.5. The molecule has 0 spiro atoms. The highest BCUT2D eigenvalue weighted by atomic mass is 31.0. The Morgan fingerprint density at radius 3 is 2.56 bits per heavy atom. The molecule has 1 N–H and O–H groups in total. The van der Waals surface area contributed by atoms with Gasteiger partial charge in [0, 0.05) is 42.1 Å². The molecule has 11 heteroatoms. The lowest BCUT2D eigenvalue weighted by atomic mass is 9.80. The van der Waals surface area contributed by atoms with E-state index >= 15 is 0 Å². The normalized spacial score (nSPS) is 17.4. The number of aromatic nitrogens is 2. The number of hydrogen-bond acceptors (Lipinski definition) is 8. The summed E-state index contributed by atoms with van der Waals surface area (Å²) in [6.07, 6.45) is 1.17. The third-order valence-corrected chi connectivity index (χ3v) is 7.52. The van der Waals surface area contributed by atoms with E-state index in [0.29, 0.717) is 41.8 Å². The Balaban J connectivity index is 1.77. The van der Waals surface area contributed by atoms with Gasteiger partial charge in [0.25, 0.3) is 0 Å². The van der Waals surface area contributed by atoms with Gasteiger partial charge in [-0.3, -0.25) is 4.90 Å². The molecule has 0 fully saturated rings. The summed E-state index contributed by atoms with van der Waals surface area (Å²) in [7, 11) is 8.18. The van der Waals surface area contributed by atoms with Crippen molar-refractivity contribution < 1.29 is 19.0 Å². The second-order valence-corrected chi connectivity index (χ2v) is 14.1. The number of carbonyl (C=O) groups excluding carboxylic acids is 1. The molecule has 0 radical (unpaired) electrons. The zero-order chi connectivity index (χ0) is 31.7. The van der Waals surface area contributed by atoms with Gasteiger partial charge in [0.2, 0.25) is 5.95 Å². The first-order chi connectivity index (χ1) is 20.1. The van der Waals surface area contributed by atoms with Gasteiger partial charge < -0.3 is 19.5 Å². The van der Waals surface area contributed by atoms with Crippen molar-refractivity contribution in [3.05, 3.63) is 71.4 Å². The van der Waals surface area contributed by atoms with E-state index in [1.54, 1.807) is 37.4 Å². The van der Waals surface area contributed by atoms with E-state index < -0.39 is 17.1 Å². The number of methoxy groups -OCH3 is 2. The highest BCUT2D eigenvalue weighted by Gasteiger charge is 2.44. The smallest absolute Gasteiger partial charge is 0.414 e. The maximum absolute atomic E-state index is 13.2. The molecule has 9 nitrogen and oxygen atoms in total. The van der Waals surface area contributed by atoms with Crippen LogP contribution in [0.15, 0.2) is 49.2 Å². The molecule has 3 unspecified atom stereocenters. The zero-order valence-electron chi connectivity index (χ0n) is 26.2. The first-order valence-electron chi connectivity index (χ1n) is 13.9. The molecular formula is C32H39BN5O4P. The average molecular weight is 599 g/mol. The maximum atomic E-state index is 13.2. The maximum Gasteiger partial charge on any atom is 0.414 e. The Labute approximate surface area is 257 Å². The molecule has 2 aromatic carbocycles. The van der Waals surface area contributed by atoms with Gasteiger partial charge in [-0.25, -0.2) is 14.8 Å². The molecule has 1 aliphatic rings. The van der Waals surface area contributed by atoms with Gasteiger partial charge in [-0.2, -0.15) is 5.26 Å². The van der Waals surface area contributed by atoms with Crippen LogP contribution < -0.4 is 10.2 Å². The lowest BCUT2D eigenvalue weighted by Crippen LogP contribution is -2.40. The minimum Gasteiger partial charge on any atom is -0.497 e. The molecule has 3 atom stereocenters. The summed E-state index contributed by atoms with van der Waals surface area (Å²) >= 11 is 0. The number of nitrogens with zero attached hydrogens (tertiary/aromatic N) is 4. The number of nitrogens with one attached hydrogen (secondary N) is 1. The molecule has 1 aliphatic heterocycles. The number of rotatable bonds is 8. The molecule has 3 aromatic rings. The summed E-state index contributed by atoms with van der Waals surface area (Å²) in [5, 5.41) is 13.3. The Hall–Kier alpha value is -3.93. The van der Waals surface area contributed by atoms with E-state index in [1.807, 2.05) is 52.0 Å². The Kier molecular flexibility index (Phi) is 8.92. The van der Waals surface area contributed by atoms with Gasteiger partial charge in [0.15, 0.2) is 0 Å². The van der Waals surface area contributed by atoms with E-state index in [2.05, 4.69) is 47.0 Å². The molecule has 1 amide bonds. The molecule has 4 rings (SSSR count). The highest BCUT2D eigenvalue weighted by molar-refractivity contribution is 7.21. The number of ether oxygens (including phenoxy) is 3. The molecule has 1 aromatic heterocycles. The van der Waals surface area contributed by atoms with Crippen molar-refractivity contribution in [3.8, 4) is 17.3 Å². The summed E-state index contributed by atoms with van der Waals surface area (Å²) in [5.74, 6) is 0.940. The fraction of sp³-hybridized carbons (Fsp3) is 0.375. The number of nitriles is 1. The van der Waals surface area contributed by atoms with Crippen molar-refractivity contribution in [1.82, 2.24) is 9.97 Å². The van der Waals surface area contributed by atoms with Crippen molar-refractivity contribution in [2.24, 2.45) is 0 Å². The Morgan fingerprint density at radius 1 is 1.23 bits per heavy atom. The van der Waals surface area contributed by atoms with Crippen LogP contribution in [-0.4, -0.2) is 56.9 Å². The third kappa shape index (κ3) is 7.01. The average Bonchev–Trinajstić information content (AvgIpc) is 3.23. The van der Waals surface area contributed by atoms with E-state index in [1.165, 1.54) is 0 Å². The van der Waals surface area contributed by atoms with Crippen molar-refractivity contribution in [1.29, 1.82) is 5.26 Å². The fourth-order valence-corrected chi connectivity index (χ4v) is 5.27. The van der Waals surface area contributed by atoms with Crippen LogP contribution in [0.4, 0.5) is 22.1 Å². The lowest BCUT2D eigenvalue weighted by Gasteiger charge is -2.27. The number of anilines is 3. The monoisotopic (exact) mass is 599 g/mol. The summed E-state index contributed by atoms with van der Waals surface area (Å²) < 4.78 is 16.7. The van der Waals surface area contributed by atoms with Gasteiger partial charge in [-0.05, 0) is 73.4 Å². The van der Waals surface area contributed by atoms with Crippen LogP contribution in [0.2, 0.25) is 0 Å². The van der Waals surface area contributed by atoms with Crippen molar-refractivity contribution in [2.75, 3.05) is 37.6 Å². The minimum absolute atomic E-state index is 0.191. The van der Waals surface area contributed by atoms with E-state index in [9.17, 15) is 10.1 Å². The molecule has 0 bridgehead atoms. The van der Waals surface area contributed by atoms with Crippen molar-refractivity contribution in [2.45, 2.75) is 50.7 Å². The second-order valence-electron chi connectivity index (χ2n) is 12.6. The summed E-state index contributed by atoms with van der Waals surface area (Å²) in [6, 6.07) is 13.8. The highest BCUT2D eigenvalue weighted by Crippen LogP contribution is 2.45. The molecule has 43 heavy (non-hydrogen) atoms. The number of benzene rings is 2. The van der Waals surface area contributed by atoms with E-state index in [-0.39, 0.29) is 5.06 Å². The number of hydrogen-bond donors (Lipinski definition) is 1. The first kappa shape index (κ1) is 32.0. The largest absolute Gasteiger partial charge is 0.497 e. The van der Waals surface area contributed by atoms with Crippen molar-refractivity contribution >= 4 is 46.3 Å². The van der Waals surface area contributed by atoms with Gasteiger partial charge in [0.1, 0.15) is 25.3 Å². The van der Waals surface area contributed by atoms with Crippen molar-refractivity contribution in [3.63, 3.8) is 0 Å². The molecule has 2 heterocycles. The van der Waals surface area contributed by atoms with Crippen LogP contribution in [0.5, 0.6) is 0 Å². The van der Waals surface area contributed by atoms with Crippen LogP contribution in [0.1, 0.15) is 56.9 Å². The van der Waals surface area contributed by atoms with Gasteiger partial charge in [0.05, 0.1) is 30.7 Å². The lowest BCUT2D eigenvalue weighted by molar-refractivity contribution is 0.0571. The van der Waals surface area contributed by atoms with E-state index in [0.717, 1.165) is 27.9 Å². The third-order valence-electron chi connectivity index (χ3n) is 7.19. The zero-order valence-corrected chi connectivity index (χ0v) is 27.3. The van der Waals surface area contributed by atoms with Crippen LogP contribution in [0.25, 0.3) is 17.0 Å². The van der Waals surface area contributed by atoms with Crippen LogP contribution >= 0.6 is 9.24 Å². The SMILES string of the molecule is BC(C)(P)c1cc(Nc2nccc(-c3cc(C#N)c4c(c3)C(C)(COC)CN4C(=O)OC(C)(C)C)n2)cc(C(=C)OC)c1. The second kappa shape index (κ2) is 12.0. The predicted octanol–water partition coefficient (Wildman–Crippen LogP) is 5.72. The molecule has 0 saturated carbocycles. The molecule has 0 saturated heterocycles. The topological polar surface area (TPSA) is 110 Å². The van der Waals surface area contributed by atoms with Crippen LogP contribution in [0.3, 0.4) is 0 Å². The number of fused-ring (bicyclic) bond motifs is 1.